The number of ether oxygens (including phenoxy) is 1. The fraction of sp³-hybridized carbons (Fsp3) is 0.286. The first-order valence-corrected chi connectivity index (χ1v) is 8.70. The van der Waals surface area contributed by atoms with Gasteiger partial charge in [0.2, 0.25) is 5.91 Å². The molecule has 142 valence electrons. The van der Waals surface area contributed by atoms with Gasteiger partial charge in [-0.25, -0.2) is 9.69 Å². The summed E-state index contributed by atoms with van der Waals surface area (Å²) in [7, 11) is 1.24. The van der Waals surface area contributed by atoms with Crippen molar-refractivity contribution < 1.29 is 19.2 Å². The standard InChI is InChI=1S/C21H24N2O4/c1-5-20(24)23(21(25)26-4)19-12-7-6-10-18(19)14-27-22-16(3)17-11-8-9-15(2)13-17/h6-13H,5,14H2,1-4H3/b22-16+. The van der Waals surface area contributed by atoms with Crippen molar-refractivity contribution in [1.82, 2.24) is 0 Å². The molecule has 2 amide bonds. The Balaban J connectivity index is 2.21. The molecule has 0 N–H and O–H groups in total. The van der Waals surface area contributed by atoms with Gasteiger partial charge in [-0.05, 0) is 25.5 Å². The summed E-state index contributed by atoms with van der Waals surface area (Å²) in [5.41, 5.74) is 3.94. The first-order valence-electron chi connectivity index (χ1n) is 8.70. The van der Waals surface area contributed by atoms with Gasteiger partial charge in [-0.3, -0.25) is 4.79 Å². The minimum absolute atomic E-state index is 0.115. The van der Waals surface area contributed by atoms with Gasteiger partial charge >= 0.3 is 6.09 Å². The number of anilines is 1. The number of aryl methyl sites for hydroxylation is 1. The minimum atomic E-state index is -0.728. The van der Waals surface area contributed by atoms with Crippen LogP contribution in [0.2, 0.25) is 0 Å². The highest BCUT2D eigenvalue weighted by Crippen LogP contribution is 2.23. The third-order valence-electron chi connectivity index (χ3n) is 4.00. The zero-order valence-electron chi connectivity index (χ0n) is 16.1. The maximum atomic E-state index is 12.2. The zero-order chi connectivity index (χ0) is 19.8. The van der Waals surface area contributed by atoms with Gasteiger partial charge in [-0.15, -0.1) is 0 Å². The molecule has 0 aliphatic heterocycles. The average molecular weight is 368 g/mol. The number of carbonyl (C=O) groups excluding carboxylic acids is 2. The molecule has 6 heteroatoms. The second kappa shape index (κ2) is 9.52. The van der Waals surface area contributed by atoms with Gasteiger partial charge in [-0.2, -0.15) is 0 Å². The van der Waals surface area contributed by atoms with Crippen molar-refractivity contribution >= 4 is 23.4 Å². The molecule has 0 spiro atoms. The quantitative estimate of drug-likeness (QED) is 0.558. The van der Waals surface area contributed by atoms with Gasteiger partial charge in [0.15, 0.2) is 0 Å². The summed E-state index contributed by atoms with van der Waals surface area (Å²) in [5, 5.41) is 4.16. The van der Waals surface area contributed by atoms with E-state index in [0.717, 1.165) is 21.7 Å². The van der Waals surface area contributed by atoms with Crippen LogP contribution in [0.4, 0.5) is 10.5 Å². The van der Waals surface area contributed by atoms with E-state index in [1.807, 2.05) is 44.2 Å². The lowest BCUT2D eigenvalue weighted by Gasteiger charge is -2.21. The fourth-order valence-electron chi connectivity index (χ4n) is 2.56. The number of para-hydroxylation sites is 1. The number of amides is 2. The summed E-state index contributed by atoms with van der Waals surface area (Å²) >= 11 is 0. The number of methoxy groups -OCH3 is 1. The monoisotopic (exact) mass is 368 g/mol. The number of carbonyl (C=O) groups is 2. The van der Waals surface area contributed by atoms with E-state index in [2.05, 4.69) is 5.16 Å². The zero-order valence-corrected chi connectivity index (χ0v) is 16.1. The lowest BCUT2D eigenvalue weighted by Crippen LogP contribution is -2.37. The second-order valence-electron chi connectivity index (χ2n) is 6.00. The molecule has 0 unspecified atom stereocenters. The Labute approximate surface area is 159 Å². The normalized spacial score (nSPS) is 11.0. The SMILES string of the molecule is CCC(=O)N(C(=O)OC)c1ccccc1CO/N=C(\C)c1cccc(C)c1. The molecule has 0 bridgehead atoms. The highest BCUT2D eigenvalue weighted by atomic mass is 16.6. The summed E-state index contributed by atoms with van der Waals surface area (Å²) in [5.74, 6) is -0.353. The van der Waals surface area contributed by atoms with Crippen LogP contribution in [-0.2, 0) is 21.0 Å². The van der Waals surface area contributed by atoms with E-state index < -0.39 is 6.09 Å². The number of hydrogen-bond donors (Lipinski definition) is 0. The van der Waals surface area contributed by atoms with E-state index in [0.29, 0.717) is 11.3 Å². The summed E-state index contributed by atoms with van der Waals surface area (Å²) in [6.07, 6.45) is -0.553. The number of oxime groups is 1. The highest BCUT2D eigenvalue weighted by Gasteiger charge is 2.25. The topological polar surface area (TPSA) is 68.2 Å². The van der Waals surface area contributed by atoms with Crippen molar-refractivity contribution in [2.45, 2.75) is 33.8 Å². The molecular formula is C21H24N2O4. The van der Waals surface area contributed by atoms with Crippen LogP contribution in [0, 0.1) is 6.92 Å². The number of benzene rings is 2. The molecule has 2 aromatic rings. The Morgan fingerprint density at radius 1 is 1.11 bits per heavy atom. The molecule has 0 aliphatic carbocycles. The number of imide groups is 1. The van der Waals surface area contributed by atoms with Crippen LogP contribution in [0.5, 0.6) is 0 Å². The van der Waals surface area contributed by atoms with Gasteiger partial charge in [0, 0.05) is 12.0 Å². The molecule has 0 saturated carbocycles. The molecule has 2 aromatic carbocycles. The second-order valence-corrected chi connectivity index (χ2v) is 6.00. The Morgan fingerprint density at radius 2 is 1.85 bits per heavy atom. The summed E-state index contributed by atoms with van der Waals surface area (Å²) in [6, 6.07) is 15.0. The Hall–Kier alpha value is -3.15. The number of rotatable bonds is 6. The molecule has 0 heterocycles. The molecule has 6 nitrogen and oxygen atoms in total. The predicted molar refractivity (Wildman–Crippen MR) is 105 cm³/mol. The van der Waals surface area contributed by atoms with Crippen LogP contribution in [-0.4, -0.2) is 24.8 Å². The van der Waals surface area contributed by atoms with E-state index in [4.69, 9.17) is 9.57 Å². The smallest absolute Gasteiger partial charge is 0.420 e. The maximum Gasteiger partial charge on any atom is 0.420 e. The molecule has 0 radical (unpaired) electrons. The Bertz CT molecular complexity index is 830. The van der Waals surface area contributed by atoms with Crippen molar-refractivity contribution in [1.29, 1.82) is 0 Å². The lowest BCUT2D eigenvalue weighted by atomic mass is 10.1. The largest absolute Gasteiger partial charge is 0.452 e. The van der Waals surface area contributed by atoms with Gasteiger partial charge in [0.1, 0.15) is 6.61 Å². The molecule has 27 heavy (non-hydrogen) atoms. The highest BCUT2D eigenvalue weighted by molar-refractivity contribution is 6.12. The molecule has 0 atom stereocenters. The van der Waals surface area contributed by atoms with E-state index >= 15 is 0 Å². The molecule has 0 aromatic heterocycles. The molecule has 2 rings (SSSR count). The van der Waals surface area contributed by atoms with Crippen molar-refractivity contribution in [2.75, 3.05) is 12.0 Å². The van der Waals surface area contributed by atoms with Gasteiger partial charge in [0.25, 0.3) is 0 Å². The van der Waals surface area contributed by atoms with Crippen LogP contribution in [0.1, 0.15) is 37.0 Å². The van der Waals surface area contributed by atoms with Crippen molar-refractivity contribution in [3.63, 3.8) is 0 Å². The van der Waals surface area contributed by atoms with Crippen LogP contribution < -0.4 is 4.90 Å². The van der Waals surface area contributed by atoms with Gasteiger partial charge < -0.3 is 9.57 Å². The summed E-state index contributed by atoms with van der Waals surface area (Å²) < 4.78 is 4.75. The molecule has 0 saturated heterocycles. The minimum Gasteiger partial charge on any atom is -0.452 e. The summed E-state index contributed by atoms with van der Waals surface area (Å²) in [4.78, 5) is 30.8. The average Bonchev–Trinajstić information content (AvgIpc) is 2.68. The van der Waals surface area contributed by atoms with E-state index in [1.165, 1.54) is 7.11 Å². The van der Waals surface area contributed by atoms with Crippen molar-refractivity contribution in [3.8, 4) is 0 Å². The molecular weight excluding hydrogens is 344 g/mol. The van der Waals surface area contributed by atoms with Crippen LogP contribution >= 0.6 is 0 Å². The fourth-order valence-corrected chi connectivity index (χ4v) is 2.56. The van der Waals surface area contributed by atoms with Crippen LogP contribution in [0.25, 0.3) is 0 Å². The van der Waals surface area contributed by atoms with Gasteiger partial charge in [-0.1, -0.05) is 60.1 Å². The van der Waals surface area contributed by atoms with E-state index in [-0.39, 0.29) is 18.9 Å². The number of nitrogens with zero attached hydrogens (tertiary/aromatic N) is 2. The first-order chi connectivity index (χ1) is 13.0. The van der Waals surface area contributed by atoms with E-state index in [9.17, 15) is 9.59 Å². The Morgan fingerprint density at radius 3 is 2.52 bits per heavy atom. The Kier molecular flexibility index (Phi) is 7.11. The molecule has 0 fully saturated rings. The predicted octanol–water partition coefficient (Wildman–Crippen LogP) is 4.45. The van der Waals surface area contributed by atoms with Crippen molar-refractivity contribution in [2.24, 2.45) is 5.16 Å². The first kappa shape index (κ1) is 20.2. The molecule has 0 aliphatic rings. The van der Waals surface area contributed by atoms with Crippen molar-refractivity contribution in [3.05, 3.63) is 65.2 Å². The van der Waals surface area contributed by atoms with Crippen LogP contribution in [0.15, 0.2) is 53.7 Å². The third kappa shape index (κ3) is 5.17. The number of hydrogen-bond acceptors (Lipinski definition) is 5. The maximum absolute atomic E-state index is 12.2. The lowest BCUT2D eigenvalue weighted by molar-refractivity contribution is -0.117. The van der Waals surface area contributed by atoms with Gasteiger partial charge in [0.05, 0.1) is 18.5 Å². The summed E-state index contributed by atoms with van der Waals surface area (Å²) in [6.45, 7) is 5.68. The van der Waals surface area contributed by atoms with E-state index in [1.54, 1.807) is 25.1 Å². The van der Waals surface area contributed by atoms with Crippen LogP contribution in [0.3, 0.4) is 0 Å². The third-order valence-corrected chi connectivity index (χ3v) is 4.00.